The Hall–Kier alpha value is -0.254. The number of benzene rings is 2. The van der Waals surface area contributed by atoms with Gasteiger partial charge in [-0.2, -0.15) is 0 Å². The summed E-state index contributed by atoms with van der Waals surface area (Å²) < 4.78 is 0. The summed E-state index contributed by atoms with van der Waals surface area (Å²) in [4.78, 5) is 0. The van der Waals surface area contributed by atoms with E-state index in [9.17, 15) is 0 Å². The van der Waals surface area contributed by atoms with E-state index in [-0.39, 0.29) is 40.0 Å². The third kappa shape index (κ3) is 2.59. The van der Waals surface area contributed by atoms with E-state index in [0.717, 1.165) is 16.5 Å². The second kappa shape index (κ2) is 5.47. The van der Waals surface area contributed by atoms with Gasteiger partial charge in [-0.3, -0.25) is 0 Å². The van der Waals surface area contributed by atoms with E-state index in [1.807, 2.05) is 36.4 Å². The van der Waals surface area contributed by atoms with Gasteiger partial charge in [0.2, 0.25) is 0 Å². The quantitative estimate of drug-likeness (QED) is 0.354. The largest absolute Gasteiger partial charge is 2.00 e. The smallest absolute Gasteiger partial charge is 1.00 e. The van der Waals surface area contributed by atoms with E-state index in [0.29, 0.717) is 0 Å². The van der Waals surface area contributed by atoms with E-state index >= 15 is 0 Å². The number of hydrogen-bond donors (Lipinski definition) is 1. The zero-order valence-electron chi connectivity index (χ0n) is 7.13. The minimum absolute atomic E-state index is 0. The number of anilines is 1. The summed E-state index contributed by atoms with van der Waals surface area (Å²) in [6, 6.07) is 14.8. The van der Waals surface area contributed by atoms with Gasteiger partial charge in [-0.25, -0.2) is 0 Å². The monoisotopic (exact) mass is 245 g/mol. The van der Waals surface area contributed by atoms with E-state index in [2.05, 4.69) is 6.07 Å². The summed E-state index contributed by atoms with van der Waals surface area (Å²) in [6.07, 6.45) is 0. The van der Waals surface area contributed by atoms with Crippen molar-refractivity contribution in [2.75, 3.05) is 5.73 Å². The first-order chi connectivity index (χ1) is 5.38. The molecule has 0 fully saturated rings. The maximum absolute atomic E-state index is 5.74. The molecule has 1 nitrogen and oxygen atoms in total. The molecule has 2 N–H and O–H groups in total. The number of fused-ring (bicyclic) bond motifs is 1. The van der Waals surface area contributed by atoms with Gasteiger partial charge in [0, 0.05) is 0 Å². The van der Waals surface area contributed by atoms with Gasteiger partial charge in [-0.1, -0.05) is 17.5 Å². The van der Waals surface area contributed by atoms with Crippen LogP contribution < -0.4 is 22.7 Å². The first-order valence-corrected chi connectivity index (χ1v) is 3.53. The molecule has 3 heteroatoms. The summed E-state index contributed by atoms with van der Waals surface area (Å²) in [7, 11) is 0. The van der Waals surface area contributed by atoms with E-state index in [4.69, 9.17) is 5.73 Å². The molecule has 0 unspecified atom stereocenters. The van der Waals surface area contributed by atoms with Crippen LogP contribution in [-0.4, -0.2) is 23.1 Å². The maximum Gasteiger partial charge on any atom is 2.00 e. The predicted molar refractivity (Wildman–Crippen MR) is 53.0 cm³/mol. The Morgan fingerprint density at radius 3 is 2.46 bits per heavy atom. The van der Waals surface area contributed by atoms with Gasteiger partial charge >= 0.3 is 23.1 Å². The fourth-order valence-corrected chi connectivity index (χ4v) is 1.17. The molecular formula is C10H8BrMgN. The maximum atomic E-state index is 5.74. The van der Waals surface area contributed by atoms with Crippen molar-refractivity contribution in [2.45, 2.75) is 0 Å². The van der Waals surface area contributed by atoms with Crippen LogP contribution in [0.1, 0.15) is 0 Å². The number of rotatable bonds is 0. The Balaban J connectivity index is 0.000000720. The summed E-state index contributed by atoms with van der Waals surface area (Å²) in [5.41, 5.74) is 6.56. The minimum atomic E-state index is 0. The summed E-state index contributed by atoms with van der Waals surface area (Å²) in [5.74, 6) is 0. The van der Waals surface area contributed by atoms with Crippen LogP contribution in [0, 0.1) is 6.07 Å². The van der Waals surface area contributed by atoms with Crippen LogP contribution in [0.5, 0.6) is 0 Å². The molecule has 0 atom stereocenters. The van der Waals surface area contributed by atoms with Gasteiger partial charge in [0.15, 0.2) is 0 Å². The second-order valence-corrected chi connectivity index (χ2v) is 2.48. The molecular weight excluding hydrogens is 238 g/mol. The molecule has 62 valence electrons. The van der Waals surface area contributed by atoms with Gasteiger partial charge in [0.1, 0.15) is 0 Å². The van der Waals surface area contributed by atoms with Gasteiger partial charge < -0.3 is 22.7 Å². The first-order valence-electron chi connectivity index (χ1n) is 3.53. The fourth-order valence-electron chi connectivity index (χ4n) is 1.17. The molecule has 0 radical (unpaired) electrons. The molecule has 0 amide bonds. The van der Waals surface area contributed by atoms with Crippen molar-refractivity contribution in [3.63, 3.8) is 0 Å². The van der Waals surface area contributed by atoms with Crippen LogP contribution in [0.25, 0.3) is 10.8 Å². The topological polar surface area (TPSA) is 26.0 Å². The van der Waals surface area contributed by atoms with Gasteiger partial charge in [0.25, 0.3) is 0 Å². The van der Waals surface area contributed by atoms with Gasteiger partial charge in [-0.05, 0) is 5.69 Å². The van der Waals surface area contributed by atoms with E-state index < -0.39 is 0 Å². The number of hydrogen-bond acceptors (Lipinski definition) is 1. The predicted octanol–water partition coefficient (Wildman–Crippen LogP) is -1.15. The summed E-state index contributed by atoms with van der Waals surface area (Å²) in [5, 5.41) is 2.16. The van der Waals surface area contributed by atoms with Crippen molar-refractivity contribution in [2.24, 2.45) is 0 Å². The van der Waals surface area contributed by atoms with Crippen molar-refractivity contribution >= 4 is 39.5 Å². The van der Waals surface area contributed by atoms with E-state index in [1.54, 1.807) is 0 Å². The SMILES string of the molecule is Nc1cc[c-]c2ccccc12.[Br-].[Mg+2]. The molecule has 0 aromatic heterocycles. The van der Waals surface area contributed by atoms with E-state index in [1.165, 1.54) is 0 Å². The molecule has 2 rings (SSSR count). The number of halogens is 1. The average molecular weight is 246 g/mol. The van der Waals surface area contributed by atoms with Crippen LogP contribution in [0.3, 0.4) is 0 Å². The van der Waals surface area contributed by atoms with Crippen LogP contribution >= 0.6 is 0 Å². The molecule has 0 aliphatic heterocycles. The molecule has 0 saturated carbocycles. The van der Waals surface area contributed by atoms with Crippen LogP contribution in [0.4, 0.5) is 5.69 Å². The molecule has 0 saturated heterocycles. The number of nitrogens with two attached hydrogens (primary N) is 1. The second-order valence-electron chi connectivity index (χ2n) is 2.48. The Morgan fingerprint density at radius 1 is 1.08 bits per heavy atom. The fraction of sp³-hybridized carbons (Fsp3) is 0. The zero-order valence-corrected chi connectivity index (χ0v) is 10.1. The average Bonchev–Trinajstić information content (AvgIpc) is 2.06. The molecule has 0 aliphatic rings. The molecule has 0 heterocycles. The minimum Gasteiger partial charge on any atom is -1.00 e. The Bertz CT molecular complexity index is 384. The summed E-state index contributed by atoms with van der Waals surface area (Å²) >= 11 is 0. The Labute approximate surface area is 104 Å². The first kappa shape index (κ1) is 12.7. The van der Waals surface area contributed by atoms with Gasteiger partial charge in [-0.15, -0.1) is 35.7 Å². The van der Waals surface area contributed by atoms with Crippen molar-refractivity contribution < 1.29 is 17.0 Å². The molecule has 2 aromatic carbocycles. The van der Waals surface area contributed by atoms with Crippen molar-refractivity contribution in [1.82, 2.24) is 0 Å². The number of nitrogen functional groups attached to an aromatic ring is 1. The molecule has 0 spiro atoms. The molecule has 0 bridgehead atoms. The molecule has 13 heavy (non-hydrogen) atoms. The Kier molecular flexibility index (Phi) is 5.36. The van der Waals surface area contributed by atoms with Crippen LogP contribution in [-0.2, 0) is 0 Å². The van der Waals surface area contributed by atoms with Crippen molar-refractivity contribution in [1.29, 1.82) is 0 Å². The Morgan fingerprint density at radius 2 is 1.77 bits per heavy atom. The zero-order chi connectivity index (χ0) is 7.68. The standard InChI is InChI=1S/C10H8N.BrH.Mg/c11-10-7-3-5-8-4-1-2-6-9(8)10;;/h1-4,6-7H,11H2;1H;/q-1;;+2/p-1. The third-order valence-electron chi connectivity index (χ3n) is 1.74. The molecule has 0 aliphatic carbocycles. The van der Waals surface area contributed by atoms with Crippen LogP contribution in [0.15, 0.2) is 36.4 Å². The van der Waals surface area contributed by atoms with Crippen molar-refractivity contribution in [3.05, 3.63) is 42.5 Å². The summed E-state index contributed by atoms with van der Waals surface area (Å²) in [6.45, 7) is 0. The van der Waals surface area contributed by atoms with Crippen molar-refractivity contribution in [3.8, 4) is 0 Å². The van der Waals surface area contributed by atoms with Gasteiger partial charge in [0.05, 0.1) is 0 Å². The third-order valence-corrected chi connectivity index (χ3v) is 1.74. The normalized spacial score (nSPS) is 8.62. The molecule has 2 aromatic rings. The van der Waals surface area contributed by atoms with Crippen LogP contribution in [0.2, 0.25) is 0 Å².